The van der Waals surface area contributed by atoms with Gasteiger partial charge in [0.1, 0.15) is 11.9 Å². The number of halogens is 1. The molecule has 0 bridgehead atoms. The number of hydrogen-bond acceptors (Lipinski definition) is 3. The summed E-state index contributed by atoms with van der Waals surface area (Å²) >= 11 is 1.42. The van der Waals surface area contributed by atoms with Gasteiger partial charge in [0.2, 0.25) is 0 Å². The summed E-state index contributed by atoms with van der Waals surface area (Å²) in [6.07, 6.45) is -0.723. The SMILES string of the molecule is O=C(NCC(O)c1cccs1)Nc1ccc(F)cc1. The highest BCUT2D eigenvalue weighted by Crippen LogP contribution is 2.17. The molecule has 1 unspecified atom stereocenters. The van der Waals surface area contributed by atoms with E-state index < -0.39 is 12.1 Å². The van der Waals surface area contributed by atoms with Crippen molar-refractivity contribution in [3.05, 3.63) is 52.5 Å². The largest absolute Gasteiger partial charge is 0.386 e. The third kappa shape index (κ3) is 4.04. The van der Waals surface area contributed by atoms with Crippen molar-refractivity contribution < 1.29 is 14.3 Å². The van der Waals surface area contributed by atoms with Gasteiger partial charge in [-0.25, -0.2) is 9.18 Å². The number of rotatable bonds is 4. The van der Waals surface area contributed by atoms with Gasteiger partial charge in [0.25, 0.3) is 0 Å². The van der Waals surface area contributed by atoms with Gasteiger partial charge in [0.05, 0.1) is 6.54 Å². The lowest BCUT2D eigenvalue weighted by Gasteiger charge is -2.11. The highest BCUT2D eigenvalue weighted by atomic mass is 32.1. The Morgan fingerprint density at radius 2 is 2.05 bits per heavy atom. The Labute approximate surface area is 113 Å². The van der Waals surface area contributed by atoms with Crippen LogP contribution in [0.15, 0.2) is 41.8 Å². The van der Waals surface area contributed by atoms with Crippen LogP contribution in [0.4, 0.5) is 14.9 Å². The van der Waals surface area contributed by atoms with E-state index in [4.69, 9.17) is 0 Å². The van der Waals surface area contributed by atoms with Crippen LogP contribution in [-0.2, 0) is 0 Å². The number of amides is 2. The number of hydrogen-bond donors (Lipinski definition) is 3. The normalized spacial score (nSPS) is 11.9. The number of aliphatic hydroxyl groups excluding tert-OH is 1. The predicted octanol–water partition coefficient (Wildman–Crippen LogP) is 2.74. The van der Waals surface area contributed by atoms with Crippen LogP contribution in [0.25, 0.3) is 0 Å². The van der Waals surface area contributed by atoms with Gasteiger partial charge in [0.15, 0.2) is 0 Å². The van der Waals surface area contributed by atoms with Crippen molar-refractivity contribution in [2.24, 2.45) is 0 Å². The summed E-state index contributed by atoms with van der Waals surface area (Å²) in [5, 5.41) is 16.7. The summed E-state index contributed by atoms with van der Waals surface area (Å²) in [5.74, 6) is -0.362. The van der Waals surface area contributed by atoms with Gasteiger partial charge in [-0.15, -0.1) is 11.3 Å². The van der Waals surface area contributed by atoms with Gasteiger partial charge in [-0.2, -0.15) is 0 Å². The Kier molecular flexibility index (Phi) is 4.48. The Hall–Kier alpha value is -1.92. The van der Waals surface area contributed by atoms with Crippen LogP contribution >= 0.6 is 11.3 Å². The lowest BCUT2D eigenvalue weighted by atomic mass is 10.3. The highest BCUT2D eigenvalue weighted by Gasteiger charge is 2.10. The fraction of sp³-hybridized carbons (Fsp3) is 0.154. The van der Waals surface area contributed by atoms with Gasteiger partial charge >= 0.3 is 6.03 Å². The molecule has 100 valence electrons. The lowest BCUT2D eigenvalue weighted by Crippen LogP contribution is -2.32. The van der Waals surface area contributed by atoms with Crippen LogP contribution < -0.4 is 10.6 Å². The molecular formula is C13H13FN2O2S. The first-order valence-corrected chi connectivity index (χ1v) is 6.55. The Balaban J connectivity index is 1.80. The van der Waals surface area contributed by atoms with Crippen LogP contribution in [0, 0.1) is 5.82 Å². The summed E-state index contributed by atoms with van der Waals surface area (Å²) in [6, 6.07) is 8.64. The molecule has 6 heteroatoms. The third-order valence-corrected chi connectivity index (χ3v) is 3.40. The molecule has 1 atom stereocenters. The van der Waals surface area contributed by atoms with E-state index in [-0.39, 0.29) is 12.4 Å². The van der Waals surface area contributed by atoms with Gasteiger partial charge in [-0.3, -0.25) is 0 Å². The van der Waals surface area contributed by atoms with Crippen molar-refractivity contribution in [2.45, 2.75) is 6.10 Å². The number of carbonyl (C=O) groups excluding carboxylic acids is 1. The second-order valence-corrected chi connectivity index (χ2v) is 4.85. The van der Waals surface area contributed by atoms with E-state index in [1.165, 1.54) is 35.6 Å². The monoisotopic (exact) mass is 280 g/mol. The molecule has 1 aromatic heterocycles. The minimum absolute atomic E-state index is 0.119. The predicted molar refractivity (Wildman–Crippen MR) is 72.7 cm³/mol. The van der Waals surface area contributed by atoms with Crippen molar-refractivity contribution in [1.82, 2.24) is 5.32 Å². The second-order valence-electron chi connectivity index (χ2n) is 3.87. The van der Waals surface area contributed by atoms with Crippen LogP contribution in [0.1, 0.15) is 11.0 Å². The lowest BCUT2D eigenvalue weighted by molar-refractivity contribution is 0.178. The van der Waals surface area contributed by atoms with E-state index in [0.717, 1.165) is 4.88 Å². The number of nitrogens with one attached hydrogen (secondary N) is 2. The Morgan fingerprint density at radius 1 is 1.32 bits per heavy atom. The zero-order valence-corrected chi connectivity index (χ0v) is 10.8. The maximum Gasteiger partial charge on any atom is 0.319 e. The maximum atomic E-state index is 12.7. The smallest absolute Gasteiger partial charge is 0.319 e. The molecule has 0 aliphatic heterocycles. The quantitative estimate of drug-likeness (QED) is 0.806. The molecule has 0 fully saturated rings. The molecule has 0 spiro atoms. The van der Waals surface area contributed by atoms with E-state index in [1.54, 1.807) is 6.07 Å². The third-order valence-electron chi connectivity index (χ3n) is 2.43. The minimum atomic E-state index is -0.723. The molecule has 0 aliphatic rings. The molecule has 4 nitrogen and oxygen atoms in total. The topological polar surface area (TPSA) is 61.4 Å². The Morgan fingerprint density at radius 3 is 2.68 bits per heavy atom. The maximum absolute atomic E-state index is 12.7. The van der Waals surface area contributed by atoms with Crippen LogP contribution in [0.5, 0.6) is 0 Å². The summed E-state index contributed by atoms with van der Waals surface area (Å²) in [4.78, 5) is 12.3. The first-order chi connectivity index (χ1) is 9.15. The molecule has 2 rings (SSSR count). The summed E-state index contributed by atoms with van der Waals surface area (Å²) in [5.41, 5.74) is 0.490. The van der Waals surface area contributed by atoms with E-state index >= 15 is 0 Å². The fourth-order valence-electron chi connectivity index (χ4n) is 1.48. The van der Waals surface area contributed by atoms with E-state index in [9.17, 15) is 14.3 Å². The van der Waals surface area contributed by atoms with E-state index in [1.807, 2.05) is 11.4 Å². The zero-order chi connectivity index (χ0) is 13.7. The standard InChI is InChI=1S/C13H13FN2O2S/c14-9-3-5-10(6-4-9)16-13(18)15-8-11(17)12-2-1-7-19-12/h1-7,11,17H,8H2,(H2,15,16,18). The second kappa shape index (κ2) is 6.31. The van der Waals surface area contributed by atoms with Crippen LogP contribution in [0.2, 0.25) is 0 Å². The number of carbonyl (C=O) groups is 1. The summed E-state index contributed by atoms with van der Waals surface area (Å²) in [7, 11) is 0. The molecule has 2 aromatic rings. The molecule has 3 N–H and O–H groups in total. The van der Waals surface area contributed by atoms with Gasteiger partial charge in [0, 0.05) is 10.6 Å². The van der Waals surface area contributed by atoms with E-state index in [0.29, 0.717) is 5.69 Å². The molecule has 1 heterocycles. The molecule has 1 aromatic carbocycles. The van der Waals surface area contributed by atoms with Crippen molar-refractivity contribution >= 4 is 23.1 Å². The van der Waals surface area contributed by atoms with Crippen molar-refractivity contribution in [2.75, 3.05) is 11.9 Å². The number of anilines is 1. The van der Waals surface area contributed by atoms with Crippen LogP contribution in [-0.4, -0.2) is 17.7 Å². The number of aliphatic hydroxyl groups is 1. The minimum Gasteiger partial charge on any atom is -0.386 e. The van der Waals surface area contributed by atoms with Gasteiger partial charge in [-0.1, -0.05) is 6.07 Å². The average molecular weight is 280 g/mol. The highest BCUT2D eigenvalue weighted by molar-refractivity contribution is 7.10. The number of urea groups is 1. The van der Waals surface area contributed by atoms with E-state index in [2.05, 4.69) is 10.6 Å². The molecule has 0 saturated heterocycles. The first-order valence-electron chi connectivity index (χ1n) is 5.67. The molecule has 0 aliphatic carbocycles. The summed E-state index contributed by atoms with van der Waals surface area (Å²) in [6.45, 7) is 0.119. The summed E-state index contributed by atoms with van der Waals surface area (Å²) < 4.78 is 12.7. The van der Waals surface area contributed by atoms with Gasteiger partial charge < -0.3 is 15.7 Å². The zero-order valence-electron chi connectivity index (χ0n) is 9.97. The molecular weight excluding hydrogens is 267 g/mol. The molecule has 19 heavy (non-hydrogen) atoms. The number of benzene rings is 1. The fourth-order valence-corrected chi connectivity index (χ4v) is 2.19. The van der Waals surface area contributed by atoms with Crippen molar-refractivity contribution in [3.8, 4) is 0 Å². The molecule has 0 saturated carbocycles. The van der Waals surface area contributed by atoms with Gasteiger partial charge in [-0.05, 0) is 35.7 Å². The van der Waals surface area contributed by atoms with Crippen molar-refractivity contribution in [3.63, 3.8) is 0 Å². The number of thiophene rings is 1. The first kappa shape index (κ1) is 13.5. The Bertz CT molecular complexity index is 528. The average Bonchev–Trinajstić information content (AvgIpc) is 2.93. The molecule has 2 amide bonds. The molecule has 0 radical (unpaired) electrons. The van der Waals surface area contributed by atoms with Crippen molar-refractivity contribution in [1.29, 1.82) is 0 Å². The van der Waals surface area contributed by atoms with Crippen LogP contribution in [0.3, 0.4) is 0 Å².